The van der Waals surface area contributed by atoms with E-state index in [0.29, 0.717) is 17.7 Å². The van der Waals surface area contributed by atoms with Crippen molar-refractivity contribution in [2.24, 2.45) is 5.92 Å². The van der Waals surface area contributed by atoms with Crippen LogP contribution in [-0.2, 0) is 4.57 Å². The third-order valence-electron chi connectivity index (χ3n) is 4.59. The first kappa shape index (κ1) is 20.6. The lowest BCUT2D eigenvalue weighted by Gasteiger charge is -2.24. The normalized spacial score (nSPS) is 11.7. The van der Waals surface area contributed by atoms with Gasteiger partial charge in [0.05, 0.1) is 6.16 Å². The van der Waals surface area contributed by atoms with E-state index >= 15 is 0 Å². The summed E-state index contributed by atoms with van der Waals surface area (Å²) in [5, 5.41) is 0. The maximum absolute atomic E-state index is 13.7. The molecule has 3 nitrogen and oxygen atoms in total. The van der Waals surface area contributed by atoms with Gasteiger partial charge in [-0.3, -0.25) is 0 Å². The second-order valence-corrected chi connectivity index (χ2v) is 9.73. The minimum atomic E-state index is -3.35. The molecule has 0 aliphatic heterocycles. The second kappa shape index (κ2) is 7.88. The minimum absolute atomic E-state index is 0.193. The third-order valence-corrected chi connectivity index (χ3v) is 6.72. The van der Waals surface area contributed by atoms with Crippen LogP contribution in [0.4, 0.5) is 0 Å². The number of aryl methyl sites for hydroxylation is 4. The van der Waals surface area contributed by atoms with Crippen LogP contribution in [0.2, 0.25) is 0 Å². The Bertz CT molecular complexity index is 789. The lowest BCUT2D eigenvalue weighted by atomic mass is 10.1. The van der Waals surface area contributed by atoms with Crippen LogP contribution in [0.5, 0.6) is 11.5 Å². The summed E-state index contributed by atoms with van der Waals surface area (Å²) >= 11 is 0. The van der Waals surface area contributed by atoms with Crippen molar-refractivity contribution < 1.29 is 13.6 Å². The van der Waals surface area contributed by atoms with Crippen molar-refractivity contribution in [1.29, 1.82) is 0 Å². The lowest BCUT2D eigenvalue weighted by Crippen LogP contribution is -2.11. The summed E-state index contributed by atoms with van der Waals surface area (Å²) < 4.78 is 25.8. The molecule has 0 aromatic heterocycles. The Balaban J connectivity index is 2.45. The number of hydrogen-bond acceptors (Lipinski definition) is 3. The van der Waals surface area contributed by atoms with Crippen LogP contribution in [0.1, 0.15) is 47.2 Å². The summed E-state index contributed by atoms with van der Waals surface area (Å²) in [5.74, 6) is 1.49. The second-order valence-electron chi connectivity index (χ2n) is 7.78. The quantitative estimate of drug-likeness (QED) is 0.519. The molecule has 2 rings (SSSR count). The molecular formula is C22H31O3P. The number of rotatable bonds is 6. The molecule has 26 heavy (non-hydrogen) atoms. The van der Waals surface area contributed by atoms with Crippen molar-refractivity contribution in [3.8, 4) is 11.5 Å². The van der Waals surface area contributed by atoms with Crippen LogP contribution in [0.3, 0.4) is 0 Å². The summed E-state index contributed by atoms with van der Waals surface area (Å²) in [7, 11) is -3.35. The summed E-state index contributed by atoms with van der Waals surface area (Å²) in [6.07, 6.45) is 0.367. The molecule has 0 spiro atoms. The van der Waals surface area contributed by atoms with Gasteiger partial charge in [0.25, 0.3) is 0 Å². The van der Waals surface area contributed by atoms with Crippen LogP contribution < -0.4 is 9.05 Å². The van der Waals surface area contributed by atoms with E-state index < -0.39 is 7.60 Å². The highest BCUT2D eigenvalue weighted by molar-refractivity contribution is 7.54. The average molecular weight is 374 g/mol. The fourth-order valence-electron chi connectivity index (χ4n) is 3.03. The van der Waals surface area contributed by atoms with Crippen molar-refractivity contribution in [3.63, 3.8) is 0 Å². The van der Waals surface area contributed by atoms with Crippen molar-refractivity contribution in [2.45, 2.75) is 55.4 Å². The molecule has 4 heteroatoms. The van der Waals surface area contributed by atoms with Crippen molar-refractivity contribution in [3.05, 3.63) is 57.6 Å². The van der Waals surface area contributed by atoms with E-state index in [1.807, 2.05) is 67.5 Å². The first-order valence-corrected chi connectivity index (χ1v) is 10.9. The van der Waals surface area contributed by atoms with Crippen molar-refractivity contribution in [2.75, 3.05) is 6.16 Å². The zero-order chi connectivity index (χ0) is 19.6. The van der Waals surface area contributed by atoms with Crippen LogP contribution in [0, 0.1) is 47.5 Å². The Morgan fingerprint density at radius 1 is 0.769 bits per heavy atom. The fraction of sp³-hybridized carbons (Fsp3) is 0.455. The highest BCUT2D eigenvalue weighted by Crippen LogP contribution is 2.51. The summed E-state index contributed by atoms with van der Waals surface area (Å²) in [4.78, 5) is 0. The van der Waals surface area contributed by atoms with E-state index in [1.54, 1.807) is 0 Å². The molecule has 0 aliphatic carbocycles. The monoisotopic (exact) mass is 374 g/mol. The molecule has 0 saturated heterocycles. The van der Waals surface area contributed by atoms with Gasteiger partial charge in [0.15, 0.2) is 0 Å². The Morgan fingerprint density at radius 3 is 1.50 bits per heavy atom. The van der Waals surface area contributed by atoms with Gasteiger partial charge in [-0.05, 0) is 93.0 Å². The zero-order valence-electron chi connectivity index (χ0n) is 17.3. The SMILES string of the molecule is Cc1cc(C)c(C)c(OP(=O)(CC(C)C)Oc2cc(C)cc(C)c2C)c1. The molecular weight excluding hydrogens is 343 g/mol. The summed E-state index contributed by atoms with van der Waals surface area (Å²) in [6.45, 7) is 16.2. The molecule has 0 heterocycles. The molecule has 0 N–H and O–H groups in total. The van der Waals surface area contributed by atoms with Crippen LogP contribution >= 0.6 is 7.60 Å². The molecule has 0 fully saturated rings. The van der Waals surface area contributed by atoms with Crippen LogP contribution in [0.25, 0.3) is 0 Å². The Kier molecular flexibility index (Phi) is 6.24. The molecule has 0 aliphatic rings. The van der Waals surface area contributed by atoms with Gasteiger partial charge in [0, 0.05) is 0 Å². The first-order valence-electron chi connectivity index (χ1n) is 9.14. The Hall–Kier alpha value is -1.73. The molecule has 0 radical (unpaired) electrons. The van der Waals surface area contributed by atoms with E-state index in [9.17, 15) is 4.57 Å². The van der Waals surface area contributed by atoms with Gasteiger partial charge in [-0.25, -0.2) is 4.57 Å². The molecule has 0 unspecified atom stereocenters. The molecule has 0 atom stereocenters. The van der Waals surface area contributed by atoms with Gasteiger partial charge in [0.1, 0.15) is 11.5 Å². The summed E-state index contributed by atoms with van der Waals surface area (Å²) in [5.41, 5.74) is 6.42. The van der Waals surface area contributed by atoms with Gasteiger partial charge in [-0.2, -0.15) is 0 Å². The molecule has 2 aromatic carbocycles. The molecule has 0 saturated carbocycles. The maximum Gasteiger partial charge on any atom is 0.430 e. The minimum Gasteiger partial charge on any atom is -0.416 e. The molecule has 0 bridgehead atoms. The smallest absolute Gasteiger partial charge is 0.416 e. The summed E-state index contributed by atoms with van der Waals surface area (Å²) in [6, 6.07) is 8.08. The van der Waals surface area contributed by atoms with E-state index in [0.717, 1.165) is 33.4 Å². The predicted octanol–water partition coefficient (Wildman–Crippen LogP) is 6.84. The Labute approximate surface area is 158 Å². The Morgan fingerprint density at radius 2 is 1.15 bits per heavy atom. The van der Waals surface area contributed by atoms with Gasteiger partial charge in [-0.1, -0.05) is 26.0 Å². The van der Waals surface area contributed by atoms with Crippen molar-refractivity contribution >= 4 is 7.60 Å². The standard InChI is InChI=1S/C22H31O3P/c1-14(2)13-26(23,24-21-11-15(3)9-17(5)19(21)7)25-22-12-16(4)10-18(6)20(22)8/h9-12,14H,13H2,1-8H3. The largest absolute Gasteiger partial charge is 0.430 e. The van der Waals surface area contributed by atoms with Crippen LogP contribution in [-0.4, -0.2) is 6.16 Å². The predicted molar refractivity (Wildman–Crippen MR) is 110 cm³/mol. The van der Waals surface area contributed by atoms with Gasteiger partial charge in [0.2, 0.25) is 0 Å². The number of benzene rings is 2. The van der Waals surface area contributed by atoms with E-state index in [2.05, 4.69) is 12.1 Å². The number of hydrogen-bond donors (Lipinski definition) is 0. The third kappa shape index (κ3) is 4.92. The first-order chi connectivity index (χ1) is 12.0. The van der Waals surface area contributed by atoms with Gasteiger partial charge in [-0.15, -0.1) is 0 Å². The molecule has 2 aromatic rings. The van der Waals surface area contributed by atoms with Gasteiger partial charge < -0.3 is 9.05 Å². The zero-order valence-corrected chi connectivity index (χ0v) is 18.2. The van der Waals surface area contributed by atoms with E-state index in [4.69, 9.17) is 9.05 Å². The highest BCUT2D eigenvalue weighted by atomic mass is 31.2. The lowest BCUT2D eigenvalue weighted by molar-refractivity contribution is 0.376. The molecule has 142 valence electrons. The van der Waals surface area contributed by atoms with E-state index in [-0.39, 0.29) is 5.92 Å². The maximum atomic E-state index is 13.7. The van der Waals surface area contributed by atoms with E-state index in [1.165, 1.54) is 0 Å². The van der Waals surface area contributed by atoms with Crippen molar-refractivity contribution in [1.82, 2.24) is 0 Å². The van der Waals surface area contributed by atoms with Crippen LogP contribution in [0.15, 0.2) is 24.3 Å². The molecule has 0 amide bonds. The topological polar surface area (TPSA) is 35.5 Å². The average Bonchev–Trinajstić information content (AvgIpc) is 2.48. The van der Waals surface area contributed by atoms with Gasteiger partial charge >= 0.3 is 7.60 Å². The highest BCUT2D eigenvalue weighted by Gasteiger charge is 2.31. The fourth-order valence-corrected chi connectivity index (χ4v) is 5.09.